The van der Waals surface area contributed by atoms with Gasteiger partial charge in [-0.2, -0.15) is 0 Å². The third-order valence-corrected chi connectivity index (χ3v) is 2.19. The van der Waals surface area contributed by atoms with E-state index in [0.717, 1.165) is 4.68 Å². The van der Waals surface area contributed by atoms with Crippen LogP contribution in [-0.4, -0.2) is 44.7 Å². The fourth-order valence-electron chi connectivity index (χ4n) is 1.43. The molecule has 1 rings (SSSR count). The Balaban J connectivity index is 2.74. The van der Waals surface area contributed by atoms with Crippen molar-refractivity contribution in [2.45, 2.75) is 26.8 Å². The van der Waals surface area contributed by atoms with Crippen molar-refractivity contribution in [1.82, 2.24) is 20.3 Å². The number of hydrogen-bond donors (Lipinski definition) is 2. The third-order valence-electron chi connectivity index (χ3n) is 2.19. The van der Waals surface area contributed by atoms with Gasteiger partial charge in [-0.3, -0.25) is 10.1 Å². The molecule has 9 heteroatoms. The van der Waals surface area contributed by atoms with E-state index >= 15 is 0 Å². The summed E-state index contributed by atoms with van der Waals surface area (Å²) in [5.74, 6) is -1.87. The molecule has 2 amide bonds. The molecule has 0 bridgehead atoms. The van der Waals surface area contributed by atoms with Crippen LogP contribution in [0.15, 0.2) is 0 Å². The molecule has 0 spiro atoms. The summed E-state index contributed by atoms with van der Waals surface area (Å²) in [6, 6.07) is 0. The fourth-order valence-corrected chi connectivity index (χ4v) is 1.43. The van der Waals surface area contributed by atoms with Crippen LogP contribution in [0.5, 0.6) is 0 Å². The van der Waals surface area contributed by atoms with Crippen LogP contribution in [0.2, 0.25) is 0 Å². The molecule has 0 aromatic carbocycles. The van der Waals surface area contributed by atoms with Gasteiger partial charge in [0.15, 0.2) is 5.69 Å². The molecule has 0 unspecified atom stereocenters. The molecule has 2 N–H and O–H groups in total. The predicted molar refractivity (Wildman–Crippen MR) is 61.5 cm³/mol. The highest BCUT2D eigenvalue weighted by molar-refractivity contribution is 5.91. The minimum Gasteiger partial charge on any atom is -0.476 e. The van der Waals surface area contributed by atoms with Crippen LogP contribution in [0.25, 0.3) is 0 Å². The van der Waals surface area contributed by atoms with E-state index in [2.05, 4.69) is 15.0 Å². The molecule has 1 aromatic rings. The zero-order valence-corrected chi connectivity index (χ0v) is 10.5. The number of hydrogen-bond acceptors (Lipinski definition) is 6. The Kier molecular flexibility index (Phi) is 4.98. The van der Waals surface area contributed by atoms with Crippen molar-refractivity contribution in [2.75, 3.05) is 6.61 Å². The van der Waals surface area contributed by atoms with Gasteiger partial charge in [0.05, 0.1) is 12.3 Å². The smallest absolute Gasteiger partial charge is 0.413 e. The maximum atomic E-state index is 11.5. The number of amides is 2. The van der Waals surface area contributed by atoms with Crippen LogP contribution in [0.3, 0.4) is 0 Å². The van der Waals surface area contributed by atoms with Crippen LogP contribution >= 0.6 is 0 Å². The topological polar surface area (TPSA) is 123 Å². The number of imide groups is 1. The normalized spacial score (nSPS) is 10.0. The molecule has 1 heterocycles. The summed E-state index contributed by atoms with van der Waals surface area (Å²) in [6.45, 7) is 3.16. The summed E-state index contributed by atoms with van der Waals surface area (Å²) in [6.07, 6.45) is -0.509. The molecule has 0 radical (unpaired) electrons. The first-order chi connectivity index (χ1) is 8.99. The van der Waals surface area contributed by atoms with Gasteiger partial charge in [-0.25, -0.2) is 14.3 Å². The minimum atomic E-state index is -1.21. The predicted octanol–water partition coefficient (Wildman–Crippen LogP) is -0.189. The minimum absolute atomic E-state index is 0.145. The number of aromatic nitrogens is 3. The number of nitrogens with one attached hydrogen (secondary N) is 1. The zero-order chi connectivity index (χ0) is 14.4. The largest absolute Gasteiger partial charge is 0.476 e. The Morgan fingerprint density at radius 1 is 1.37 bits per heavy atom. The van der Waals surface area contributed by atoms with Gasteiger partial charge in [0.25, 0.3) is 5.91 Å². The highest BCUT2D eigenvalue weighted by Gasteiger charge is 2.19. The maximum absolute atomic E-state index is 11.5. The Hall–Kier alpha value is -2.45. The fraction of sp³-hybridized carbons (Fsp3) is 0.500. The van der Waals surface area contributed by atoms with Gasteiger partial charge in [0.2, 0.25) is 0 Å². The first-order valence-corrected chi connectivity index (χ1v) is 5.61. The first kappa shape index (κ1) is 14.6. The average Bonchev–Trinajstić information content (AvgIpc) is 2.71. The van der Waals surface area contributed by atoms with E-state index in [-0.39, 0.29) is 18.8 Å². The summed E-state index contributed by atoms with van der Waals surface area (Å²) >= 11 is 0. The van der Waals surface area contributed by atoms with Crippen molar-refractivity contribution in [3.05, 3.63) is 11.4 Å². The second-order valence-corrected chi connectivity index (χ2v) is 3.47. The molecule has 0 saturated carbocycles. The van der Waals surface area contributed by atoms with Crippen LogP contribution < -0.4 is 5.32 Å². The number of ether oxygens (including phenoxy) is 1. The van der Waals surface area contributed by atoms with Gasteiger partial charge in [-0.05, 0) is 13.3 Å². The Morgan fingerprint density at radius 2 is 2.05 bits per heavy atom. The van der Waals surface area contributed by atoms with Crippen LogP contribution in [0.1, 0.15) is 30.0 Å². The molecular formula is C10H14N4O5. The number of carboxylic acids is 1. The lowest BCUT2D eigenvalue weighted by Gasteiger charge is -2.06. The molecule has 0 aliphatic rings. The van der Waals surface area contributed by atoms with E-state index in [0.29, 0.717) is 12.1 Å². The van der Waals surface area contributed by atoms with E-state index in [1.54, 1.807) is 13.8 Å². The van der Waals surface area contributed by atoms with Gasteiger partial charge < -0.3 is 9.84 Å². The number of alkyl carbamates (subject to hydrolysis) is 1. The number of carboxylic acid groups (broad SMARTS) is 1. The van der Waals surface area contributed by atoms with Crippen molar-refractivity contribution >= 4 is 18.0 Å². The Bertz CT molecular complexity index is 496. The lowest BCUT2D eigenvalue weighted by molar-refractivity contribution is -0.121. The van der Waals surface area contributed by atoms with Gasteiger partial charge in [0, 0.05) is 0 Å². The van der Waals surface area contributed by atoms with Gasteiger partial charge in [0.1, 0.15) is 6.54 Å². The highest BCUT2D eigenvalue weighted by Crippen LogP contribution is 2.06. The number of carbonyl (C=O) groups excluding carboxylic acids is 2. The van der Waals surface area contributed by atoms with E-state index in [1.807, 2.05) is 5.32 Å². The van der Waals surface area contributed by atoms with E-state index in [4.69, 9.17) is 5.11 Å². The molecule has 0 fully saturated rings. The number of carbonyl (C=O) groups is 3. The standard InChI is InChI=1S/C10H14N4O5/c1-3-6-8(9(16)17)12-13-14(6)5-7(15)11-10(18)19-4-2/h3-5H2,1-2H3,(H,16,17)(H,11,15,18). The van der Waals surface area contributed by atoms with Crippen LogP contribution in [0, 0.1) is 0 Å². The van der Waals surface area contributed by atoms with Crippen LogP contribution in [-0.2, 0) is 22.5 Å². The molecule has 0 aliphatic heterocycles. The molecule has 0 atom stereocenters. The van der Waals surface area contributed by atoms with Crippen molar-refractivity contribution < 1.29 is 24.2 Å². The summed E-state index contributed by atoms with van der Waals surface area (Å²) in [4.78, 5) is 33.4. The summed E-state index contributed by atoms with van der Waals surface area (Å²) in [5.41, 5.74) is 0.109. The monoisotopic (exact) mass is 270 g/mol. The Morgan fingerprint density at radius 3 is 2.58 bits per heavy atom. The van der Waals surface area contributed by atoms with Gasteiger partial charge >= 0.3 is 12.1 Å². The van der Waals surface area contributed by atoms with Crippen LogP contribution in [0.4, 0.5) is 4.79 Å². The summed E-state index contributed by atoms with van der Waals surface area (Å²) in [5, 5.41) is 17.9. The molecular weight excluding hydrogens is 256 g/mol. The lowest BCUT2D eigenvalue weighted by Crippen LogP contribution is -2.34. The van der Waals surface area contributed by atoms with Gasteiger partial charge in [-0.1, -0.05) is 12.1 Å². The molecule has 0 saturated heterocycles. The number of aromatic carboxylic acids is 1. The molecule has 9 nitrogen and oxygen atoms in total. The highest BCUT2D eigenvalue weighted by atomic mass is 16.5. The van der Waals surface area contributed by atoms with E-state index < -0.39 is 18.0 Å². The molecule has 1 aromatic heterocycles. The number of nitrogens with zero attached hydrogens (tertiary/aromatic N) is 3. The van der Waals surface area contributed by atoms with Crippen molar-refractivity contribution in [1.29, 1.82) is 0 Å². The summed E-state index contributed by atoms with van der Waals surface area (Å²) in [7, 11) is 0. The van der Waals surface area contributed by atoms with Gasteiger partial charge in [-0.15, -0.1) is 5.10 Å². The van der Waals surface area contributed by atoms with E-state index in [1.165, 1.54) is 0 Å². The lowest BCUT2D eigenvalue weighted by atomic mass is 10.2. The Labute approximate surface area is 108 Å². The molecule has 104 valence electrons. The quantitative estimate of drug-likeness (QED) is 0.760. The van der Waals surface area contributed by atoms with Crippen molar-refractivity contribution in [3.63, 3.8) is 0 Å². The van der Waals surface area contributed by atoms with Crippen molar-refractivity contribution in [3.8, 4) is 0 Å². The second-order valence-electron chi connectivity index (χ2n) is 3.47. The summed E-state index contributed by atoms with van der Waals surface area (Å²) < 4.78 is 5.68. The van der Waals surface area contributed by atoms with E-state index in [9.17, 15) is 14.4 Å². The third kappa shape index (κ3) is 3.76. The number of rotatable bonds is 5. The first-order valence-electron chi connectivity index (χ1n) is 5.61. The maximum Gasteiger partial charge on any atom is 0.413 e. The zero-order valence-electron chi connectivity index (χ0n) is 10.5. The van der Waals surface area contributed by atoms with Crippen molar-refractivity contribution in [2.24, 2.45) is 0 Å². The second kappa shape index (κ2) is 6.47. The molecule has 19 heavy (non-hydrogen) atoms. The SMILES string of the molecule is CCOC(=O)NC(=O)Cn1nnc(C(=O)O)c1CC. The molecule has 0 aliphatic carbocycles. The average molecular weight is 270 g/mol.